The standard InChI is InChI=1S/C9H20O3S/c1-6-7-8(9(2,3)4)13(10,11)12-5/h8H,6-7H2,1-5H3. The van der Waals surface area contributed by atoms with Crippen molar-refractivity contribution in [1.82, 2.24) is 0 Å². The Morgan fingerprint density at radius 3 is 2.00 bits per heavy atom. The van der Waals surface area contributed by atoms with Crippen LogP contribution < -0.4 is 0 Å². The molecule has 0 aliphatic heterocycles. The summed E-state index contributed by atoms with van der Waals surface area (Å²) in [7, 11) is -2.15. The van der Waals surface area contributed by atoms with E-state index in [-0.39, 0.29) is 5.41 Å². The molecular formula is C9H20O3S. The predicted octanol–water partition coefficient (Wildman–Crippen LogP) is 2.18. The van der Waals surface area contributed by atoms with Crippen molar-refractivity contribution in [3.8, 4) is 0 Å². The van der Waals surface area contributed by atoms with Crippen LogP contribution in [0.25, 0.3) is 0 Å². The van der Waals surface area contributed by atoms with Gasteiger partial charge in [-0.2, -0.15) is 8.42 Å². The fourth-order valence-electron chi connectivity index (χ4n) is 1.39. The number of rotatable bonds is 4. The fraction of sp³-hybridized carbons (Fsp3) is 1.00. The Labute approximate surface area is 81.6 Å². The predicted molar refractivity (Wildman–Crippen MR) is 54.1 cm³/mol. The molecule has 1 unspecified atom stereocenters. The lowest BCUT2D eigenvalue weighted by Crippen LogP contribution is -2.35. The van der Waals surface area contributed by atoms with Crippen LogP contribution in [0.4, 0.5) is 0 Å². The molecule has 0 aromatic heterocycles. The molecule has 0 aliphatic carbocycles. The minimum absolute atomic E-state index is 0.259. The van der Waals surface area contributed by atoms with E-state index in [9.17, 15) is 8.42 Å². The zero-order chi connectivity index (χ0) is 10.7. The Bertz CT molecular complexity index is 236. The van der Waals surface area contributed by atoms with E-state index in [0.717, 1.165) is 6.42 Å². The summed E-state index contributed by atoms with van der Waals surface area (Å²) in [6, 6.07) is 0. The number of hydrogen-bond acceptors (Lipinski definition) is 3. The van der Waals surface area contributed by atoms with Crippen molar-refractivity contribution in [2.45, 2.75) is 45.8 Å². The summed E-state index contributed by atoms with van der Waals surface area (Å²) in [5, 5.41) is -0.407. The molecule has 0 fully saturated rings. The molecule has 0 amide bonds. The van der Waals surface area contributed by atoms with Crippen LogP contribution >= 0.6 is 0 Å². The van der Waals surface area contributed by atoms with Crippen LogP contribution in [0, 0.1) is 5.41 Å². The van der Waals surface area contributed by atoms with Gasteiger partial charge in [-0.3, -0.25) is 4.18 Å². The molecule has 0 N–H and O–H groups in total. The van der Waals surface area contributed by atoms with Crippen LogP contribution in [0.3, 0.4) is 0 Å². The van der Waals surface area contributed by atoms with Crippen molar-refractivity contribution < 1.29 is 12.6 Å². The largest absolute Gasteiger partial charge is 0.273 e. The van der Waals surface area contributed by atoms with Crippen LogP contribution in [0.1, 0.15) is 40.5 Å². The zero-order valence-electron chi connectivity index (χ0n) is 9.12. The van der Waals surface area contributed by atoms with Crippen molar-refractivity contribution in [3.63, 3.8) is 0 Å². The molecule has 4 heteroatoms. The molecule has 0 aromatic rings. The van der Waals surface area contributed by atoms with Crippen LogP contribution in [-0.4, -0.2) is 20.8 Å². The van der Waals surface area contributed by atoms with E-state index in [1.165, 1.54) is 7.11 Å². The SMILES string of the molecule is CCCC(C(C)(C)C)S(=O)(=O)OC. The molecular weight excluding hydrogens is 188 g/mol. The molecule has 0 spiro atoms. The molecule has 0 bridgehead atoms. The fourth-order valence-corrected chi connectivity index (χ4v) is 3.01. The highest BCUT2D eigenvalue weighted by Crippen LogP contribution is 2.29. The Hall–Kier alpha value is -0.0900. The van der Waals surface area contributed by atoms with Crippen molar-refractivity contribution in [2.24, 2.45) is 5.41 Å². The lowest BCUT2D eigenvalue weighted by molar-refractivity contribution is 0.315. The van der Waals surface area contributed by atoms with Crippen LogP contribution in [-0.2, 0) is 14.3 Å². The first-order valence-corrected chi connectivity index (χ1v) is 6.02. The van der Waals surface area contributed by atoms with Gasteiger partial charge in [0.05, 0.1) is 12.4 Å². The smallest absolute Gasteiger partial charge is 0.270 e. The zero-order valence-corrected chi connectivity index (χ0v) is 9.94. The summed E-state index contributed by atoms with van der Waals surface area (Å²) in [5.41, 5.74) is -0.259. The average Bonchev–Trinajstić information content (AvgIpc) is 1.98. The van der Waals surface area contributed by atoms with Crippen LogP contribution in [0.15, 0.2) is 0 Å². The van der Waals surface area contributed by atoms with E-state index in [0.29, 0.717) is 6.42 Å². The molecule has 3 nitrogen and oxygen atoms in total. The van der Waals surface area contributed by atoms with Crippen LogP contribution in [0.2, 0.25) is 0 Å². The summed E-state index contributed by atoms with van der Waals surface area (Å²) >= 11 is 0. The summed E-state index contributed by atoms with van der Waals surface area (Å²) in [4.78, 5) is 0. The minimum atomic E-state index is -3.38. The molecule has 80 valence electrons. The van der Waals surface area contributed by atoms with Crippen molar-refractivity contribution >= 4 is 10.1 Å². The molecule has 0 saturated carbocycles. The second-order valence-electron chi connectivity index (χ2n) is 4.30. The third-order valence-corrected chi connectivity index (χ3v) is 4.20. The maximum absolute atomic E-state index is 11.5. The number of hydrogen-bond donors (Lipinski definition) is 0. The highest BCUT2D eigenvalue weighted by molar-refractivity contribution is 7.87. The van der Waals surface area contributed by atoms with Gasteiger partial charge in [0.15, 0.2) is 0 Å². The Kier molecular flexibility index (Phi) is 4.39. The van der Waals surface area contributed by atoms with E-state index in [1.807, 2.05) is 27.7 Å². The van der Waals surface area contributed by atoms with Gasteiger partial charge in [-0.05, 0) is 11.8 Å². The van der Waals surface area contributed by atoms with Gasteiger partial charge in [0.2, 0.25) is 0 Å². The third kappa shape index (κ3) is 3.65. The van der Waals surface area contributed by atoms with E-state index in [2.05, 4.69) is 4.18 Å². The van der Waals surface area contributed by atoms with Gasteiger partial charge < -0.3 is 0 Å². The monoisotopic (exact) mass is 208 g/mol. The van der Waals surface area contributed by atoms with Crippen molar-refractivity contribution in [1.29, 1.82) is 0 Å². The lowest BCUT2D eigenvalue weighted by Gasteiger charge is -2.28. The lowest BCUT2D eigenvalue weighted by atomic mass is 9.89. The Morgan fingerprint density at radius 2 is 1.77 bits per heavy atom. The molecule has 0 aliphatic rings. The van der Waals surface area contributed by atoms with E-state index in [4.69, 9.17) is 0 Å². The van der Waals surface area contributed by atoms with Crippen LogP contribution in [0.5, 0.6) is 0 Å². The minimum Gasteiger partial charge on any atom is -0.273 e. The second kappa shape index (κ2) is 4.42. The summed E-state index contributed by atoms with van der Waals surface area (Å²) in [5.74, 6) is 0. The summed E-state index contributed by atoms with van der Waals surface area (Å²) < 4.78 is 27.6. The van der Waals surface area contributed by atoms with Crippen molar-refractivity contribution in [2.75, 3.05) is 7.11 Å². The maximum atomic E-state index is 11.5. The summed E-state index contributed by atoms with van der Waals surface area (Å²) in [6.45, 7) is 7.74. The van der Waals surface area contributed by atoms with Gasteiger partial charge in [-0.1, -0.05) is 34.1 Å². The topological polar surface area (TPSA) is 43.4 Å². The van der Waals surface area contributed by atoms with E-state index in [1.54, 1.807) is 0 Å². The second-order valence-corrected chi connectivity index (χ2v) is 6.19. The first-order chi connectivity index (χ1) is 5.75. The first-order valence-electron chi connectivity index (χ1n) is 4.55. The molecule has 0 aromatic carbocycles. The molecule has 13 heavy (non-hydrogen) atoms. The quantitative estimate of drug-likeness (QED) is 0.665. The molecule has 0 saturated heterocycles. The van der Waals surface area contributed by atoms with Gasteiger partial charge in [0.1, 0.15) is 0 Å². The van der Waals surface area contributed by atoms with Gasteiger partial charge in [-0.15, -0.1) is 0 Å². The van der Waals surface area contributed by atoms with Gasteiger partial charge in [-0.25, -0.2) is 0 Å². The molecule has 1 atom stereocenters. The molecule has 0 heterocycles. The third-order valence-electron chi connectivity index (χ3n) is 2.10. The average molecular weight is 208 g/mol. The molecule has 0 rings (SSSR count). The normalized spacial score (nSPS) is 15.8. The highest BCUT2D eigenvalue weighted by atomic mass is 32.2. The van der Waals surface area contributed by atoms with Crippen molar-refractivity contribution in [3.05, 3.63) is 0 Å². The highest BCUT2D eigenvalue weighted by Gasteiger charge is 2.35. The molecule has 0 radical (unpaired) electrons. The first kappa shape index (κ1) is 12.9. The van der Waals surface area contributed by atoms with Gasteiger partial charge in [0, 0.05) is 0 Å². The van der Waals surface area contributed by atoms with E-state index >= 15 is 0 Å². The Balaban J connectivity index is 4.83. The maximum Gasteiger partial charge on any atom is 0.270 e. The summed E-state index contributed by atoms with van der Waals surface area (Å²) in [6.07, 6.45) is 1.50. The van der Waals surface area contributed by atoms with Gasteiger partial charge in [0.25, 0.3) is 10.1 Å². The van der Waals surface area contributed by atoms with E-state index < -0.39 is 15.4 Å². The van der Waals surface area contributed by atoms with Gasteiger partial charge >= 0.3 is 0 Å². The Morgan fingerprint density at radius 1 is 1.31 bits per heavy atom.